The lowest BCUT2D eigenvalue weighted by atomic mass is 10.1. The van der Waals surface area contributed by atoms with Crippen LogP contribution in [0.1, 0.15) is 32.1 Å². The van der Waals surface area contributed by atoms with Crippen LogP contribution in [0.4, 0.5) is 11.6 Å². The number of nitrogens with two attached hydrogens (primary N) is 1. The fourth-order valence-corrected chi connectivity index (χ4v) is 2.03. The van der Waals surface area contributed by atoms with Crippen molar-refractivity contribution in [1.82, 2.24) is 9.97 Å². The number of aliphatic hydroxyl groups is 1. The Morgan fingerprint density at radius 1 is 1.19 bits per heavy atom. The van der Waals surface area contributed by atoms with Crippen LogP contribution in [-0.4, -0.2) is 27.2 Å². The Bertz CT molecular complexity index is 327. The Morgan fingerprint density at radius 2 is 1.88 bits per heavy atom. The third-order valence-corrected chi connectivity index (χ3v) is 2.97. The summed E-state index contributed by atoms with van der Waals surface area (Å²) in [6.45, 7) is 0. The molecule has 2 unspecified atom stereocenters. The number of nitrogens with zero attached hydrogens (tertiary/aromatic N) is 2. The average molecular weight is 222 g/mol. The van der Waals surface area contributed by atoms with E-state index in [1.54, 1.807) is 12.4 Å². The van der Waals surface area contributed by atoms with Crippen LogP contribution in [0.5, 0.6) is 0 Å². The van der Waals surface area contributed by atoms with Crippen LogP contribution in [0.2, 0.25) is 0 Å². The second kappa shape index (κ2) is 5.12. The average Bonchev–Trinajstić information content (AvgIpc) is 2.48. The van der Waals surface area contributed by atoms with Crippen molar-refractivity contribution >= 4 is 11.6 Å². The third kappa shape index (κ3) is 2.82. The van der Waals surface area contributed by atoms with Gasteiger partial charge >= 0.3 is 0 Å². The van der Waals surface area contributed by atoms with E-state index in [4.69, 9.17) is 5.73 Å². The standard InChI is InChI=1S/C11H18N4O/c12-8-6-13-11(14-7-8)15-9-4-2-1-3-5-10(9)16/h6-7,9-10,16H,1-5,12H2,(H,13,14,15). The maximum atomic E-state index is 9.92. The van der Waals surface area contributed by atoms with E-state index in [2.05, 4.69) is 15.3 Å². The summed E-state index contributed by atoms with van der Waals surface area (Å²) in [6.07, 6.45) is 8.09. The molecule has 0 saturated heterocycles. The summed E-state index contributed by atoms with van der Waals surface area (Å²) in [7, 11) is 0. The highest BCUT2D eigenvalue weighted by Crippen LogP contribution is 2.20. The molecule has 1 heterocycles. The minimum Gasteiger partial charge on any atom is -0.396 e. The number of aromatic nitrogens is 2. The number of nitrogens with one attached hydrogen (secondary N) is 1. The predicted molar refractivity (Wildman–Crippen MR) is 62.9 cm³/mol. The van der Waals surface area contributed by atoms with E-state index in [0.717, 1.165) is 25.7 Å². The number of aliphatic hydroxyl groups excluding tert-OH is 1. The van der Waals surface area contributed by atoms with Gasteiger partial charge in [-0.1, -0.05) is 19.3 Å². The van der Waals surface area contributed by atoms with Crippen molar-refractivity contribution in [3.63, 3.8) is 0 Å². The quantitative estimate of drug-likeness (QED) is 0.654. The van der Waals surface area contributed by atoms with Crippen LogP contribution in [0, 0.1) is 0 Å². The summed E-state index contributed by atoms with van der Waals surface area (Å²) >= 11 is 0. The highest BCUT2D eigenvalue weighted by molar-refractivity contribution is 5.36. The van der Waals surface area contributed by atoms with Gasteiger partial charge in [0.2, 0.25) is 5.95 Å². The van der Waals surface area contributed by atoms with Crippen LogP contribution in [0.25, 0.3) is 0 Å². The lowest BCUT2D eigenvalue weighted by Gasteiger charge is -2.21. The minimum atomic E-state index is -0.302. The molecule has 1 aromatic rings. The Labute approximate surface area is 95.1 Å². The number of nitrogen functional groups attached to an aromatic ring is 1. The molecule has 0 aromatic carbocycles. The molecule has 0 bridgehead atoms. The first-order valence-electron chi connectivity index (χ1n) is 5.78. The van der Waals surface area contributed by atoms with Crippen molar-refractivity contribution in [2.24, 2.45) is 0 Å². The van der Waals surface area contributed by atoms with Gasteiger partial charge in [0.25, 0.3) is 0 Å². The lowest BCUT2D eigenvalue weighted by Crippen LogP contribution is -2.33. The molecule has 2 rings (SSSR count). The fraction of sp³-hybridized carbons (Fsp3) is 0.636. The van der Waals surface area contributed by atoms with Crippen molar-refractivity contribution in [2.75, 3.05) is 11.1 Å². The first-order valence-corrected chi connectivity index (χ1v) is 5.78. The molecule has 5 nitrogen and oxygen atoms in total. The van der Waals surface area contributed by atoms with Gasteiger partial charge in [-0.25, -0.2) is 9.97 Å². The molecule has 1 fully saturated rings. The molecule has 0 amide bonds. The molecule has 1 aliphatic carbocycles. The molecule has 16 heavy (non-hydrogen) atoms. The summed E-state index contributed by atoms with van der Waals surface area (Å²) in [4.78, 5) is 8.16. The van der Waals surface area contributed by atoms with Crippen molar-refractivity contribution in [1.29, 1.82) is 0 Å². The fourth-order valence-electron chi connectivity index (χ4n) is 2.03. The molecule has 5 heteroatoms. The van der Waals surface area contributed by atoms with Gasteiger partial charge in [0.15, 0.2) is 0 Å². The minimum absolute atomic E-state index is 0.0612. The number of anilines is 2. The van der Waals surface area contributed by atoms with Gasteiger partial charge in [-0.2, -0.15) is 0 Å². The molecular formula is C11H18N4O. The summed E-state index contributed by atoms with van der Waals surface area (Å²) in [5.41, 5.74) is 6.06. The monoisotopic (exact) mass is 222 g/mol. The molecule has 4 N–H and O–H groups in total. The Hall–Kier alpha value is -1.36. The Morgan fingerprint density at radius 3 is 2.62 bits per heavy atom. The number of hydrogen-bond donors (Lipinski definition) is 3. The van der Waals surface area contributed by atoms with Gasteiger partial charge < -0.3 is 16.2 Å². The lowest BCUT2D eigenvalue weighted by molar-refractivity contribution is 0.144. The van der Waals surface area contributed by atoms with Gasteiger partial charge in [0.1, 0.15) is 0 Å². The molecule has 0 spiro atoms. The van der Waals surface area contributed by atoms with E-state index in [0.29, 0.717) is 11.6 Å². The van der Waals surface area contributed by atoms with Gasteiger partial charge in [-0.3, -0.25) is 0 Å². The van der Waals surface area contributed by atoms with E-state index in [1.807, 2.05) is 0 Å². The zero-order valence-electron chi connectivity index (χ0n) is 9.26. The number of rotatable bonds is 2. The Balaban J connectivity index is 1.99. The summed E-state index contributed by atoms with van der Waals surface area (Å²) in [5, 5.41) is 13.1. The zero-order chi connectivity index (χ0) is 11.4. The summed E-state index contributed by atoms with van der Waals surface area (Å²) in [6, 6.07) is 0.0612. The zero-order valence-corrected chi connectivity index (χ0v) is 9.26. The van der Waals surface area contributed by atoms with Crippen LogP contribution in [0.3, 0.4) is 0 Å². The van der Waals surface area contributed by atoms with Crippen molar-refractivity contribution in [3.8, 4) is 0 Å². The Kier molecular flexibility index (Phi) is 3.56. The maximum absolute atomic E-state index is 9.92. The van der Waals surface area contributed by atoms with Gasteiger partial charge in [0.05, 0.1) is 30.2 Å². The van der Waals surface area contributed by atoms with Crippen molar-refractivity contribution in [3.05, 3.63) is 12.4 Å². The van der Waals surface area contributed by atoms with Crippen molar-refractivity contribution < 1.29 is 5.11 Å². The molecule has 88 valence electrons. The second-order valence-corrected chi connectivity index (χ2v) is 4.30. The van der Waals surface area contributed by atoms with Gasteiger partial charge in [-0.05, 0) is 12.8 Å². The van der Waals surface area contributed by atoms with E-state index < -0.39 is 0 Å². The van der Waals surface area contributed by atoms with E-state index in [1.165, 1.54) is 6.42 Å². The number of hydrogen-bond acceptors (Lipinski definition) is 5. The van der Waals surface area contributed by atoms with E-state index in [9.17, 15) is 5.11 Å². The molecule has 0 aliphatic heterocycles. The largest absolute Gasteiger partial charge is 0.396 e. The van der Waals surface area contributed by atoms with Gasteiger partial charge in [-0.15, -0.1) is 0 Å². The summed E-state index contributed by atoms with van der Waals surface area (Å²) in [5.74, 6) is 0.542. The van der Waals surface area contributed by atoms with Crippen LogP contribution in [0.15, 0.2) is 12.4 Å². The third-order valence-electron chi connectivity index (χ3n) is 2.97. The topological polar surface area (TPSA) is 84.1 Å². The highest BCUT2D eigenvalue weighted by Gasteiger charge is 2.21. The molecule has 1 saturated carbocycles. The summed E-state index contributed by atoms with van der Waals surface area (Å²) < 4.78 is 0. The maximum Gasteiger partial charge on any atom is 0.223 e. The smallest absolute Gasteiger partial charge is 0.223 e. The van der Waals surface area contributed by atoms with Crippen LogP contribution in [-0.2, 0) is 0 Å². The normalized spacial score (nSPS) is 26.1. The molecule has 0 radical (unpaired) electrons. The molecule has 2 atom stereocenters. The van der Waals surface area contributed by atoms with Crippen LogP contribution < -0.4 is 11.1 Å². The van der Waals surface area contributed by atoms with E-state index >= 15 is 0 Å². The molecule has 1 aromatic heterocycles. The highest BCUT2D eigenvalue weighted by atomic mass is 16.3. The second-order valence-electron chi connectivity index (χ2n) is 4.30. The SMILES string of the molecule is Nc1cnc(NC2CCCCCC2O)nc1. The predicted octanol–water partition coefficient (Wildman–Crippen LogP) is 1.16. The molecule has 1 aliphatic rings. The first kappa shape index (κ1) is 11.1. The van der Waals surface area contributed by atoms with Crippen LogP contribution >= 0.6 is 0 Å². The van der Waals surface area contributed by atoms with Crippen molar-refractivity contribution in [2.45, 2.75) is 44.2 Å². The molecular weight excluding hydrogens is 204 g/mol. The van der Waals surface area contributed by atoms with E-state index in [-0.39, 0.29) is 12.1 Å². The first-order chi connectivity index (χ1) is 7.75. The van der Waals surface area contributed by atoms with Gasteiger partial charge in [0, 0.05) is 0 Å².